The Morgan fingerprint density at radius 1 is 1.25 bits per heavy atom. The molecule has 0 fully saturated rings. The molecule has 4 nitrogen and oxygen atoms in total. The minimum Gasteiger partial charge on any atom is -0.748 e. The maximum absolute atomic E-state index is 10.6. The molecular weight excluding hydrogens is 298 g/mol. The van der Waals surface area contributed by atoms with Gasteiger partial charge in [0.2, 0.25) is 5.52 Å². The molecule has 0 saturated heterocycles. The van der Waals surface area contributed by atoms with Crippen LogP contribution in [0.25, 0.3) is 10.9 Å². The zero-order chi connectivity index (χ0) is 14.8. The van der Waals surface area contributed by atoms with Crippen molar-refractivity contribution in [3.05, 3.63) is 41.0 Å². The van der Waals surface area contributed by atoms with Crippen LogP contribution < -0.4 is 4.57 Å². The summed E-state index contributed by atoms with van der Waals surface area (Å²) in [4.78, 5) is 0. The second kappa shape index (κ2) is 6.08. The Morgan fingerprint density at radius 3 is 2.70 bits per heavy atom. The molecule has 1 aromatic carbocycles. The zero-order valence-corrected chi connectivity index (χ0v) is 12.7. The van der Waals surface area contributed by atoms with E-state index >= 15 is 0 Å². The van der Waals surface area contributed by atoms with E-state index in [0.717, 1.165) is 16.5 Å². The number of nitrogens with zero attached hydrogens (tertiary/aromatic N) is 1. The first-order chi connectivity index (χ1) is 9.37. The van der Waals surface area contributed by atoms with Crippen LogP contribution in [-0.4, -0.2) is 18.7 Å². The van der Waals surface area contributed by atoms with Crippen LogP contribution in [0.5, 0.6) is 0 Å². The van der Waals surface area contributed by atoms with Gasteiger partial charge in [0.05, 0.1) is 15.5 Å². The third-order valence-corrected chi connectivity index (χ3v) is 4.26. The second-order valence-electron chi connectivity index (χ2n) is 4.82. The fraction of sp³-hybridized carbons (Fsp3) is 0.357. The molecule has 0 spiro atoms. The fourth-order valence-electron chi connectivity index (χ4n) is 2.20. The lowest BCUT2D eigenvalue weighted by Gasteiger charge is -2.06. The van der Waals surface area contributed by atoms with Crippen molar-refractivity contribution in [3.63, 3.8) is 0 Å². The smallest absolute Gasteiger partial charge is 0.212 e. The van der Waals surface area contributed by atoms with Gasteiger partial charge in [-0.2, -0.15) is 4.57 Å². The van der Waals surface area contributed by atoms with Gasteiger partial charge in [0.25, 0.3) is 0 Å². The molecule has 0 bridgehead atoms. The van der Waals surface area contributed by atoms with Crippen LogP contribution in [0.1, 0.15) is 18.4 Å². The van der Waals surface area contributed by atoms with E-state index in [1.54, 1.807) is 0 Å². The van der Waals surface area contributed by atoms with Crippen LogP contribution in [-0.2, 0) is 16.7 Å². The Kier molecular flexibility index (Phi) is 4.62. The largest absolute Gasteiger partial charge is 0.748 e. The van der Waals surface area contributed by atoms with E-state index in [0.29, 0.717) is 24.4 Å². The number of unbranched alkanes of at least 4 members (excludes halogenated alkanes) is 1. The summed E-state index contributed by atoms with van der Waals surface area (Å²) >= 11 is 6.01. The van der Waals surface area contributed by atoms with Gasteiger partial charge >= 0.3 is 0 Å². The Morgan fingerprint density at radius 2 is 2.00 bits per heavy atom. The van der Waals surface area contributed by atoms with E-state index in [-0.39, 0.29) is 5.75 Å². The van der Waals surface area contributed by atoms with Crippen molar-refractivity contribution in [2.24, 2.45) is 0 Å². The van der Waals surface area contributed by atoms with Crippen molar-refractivity contribution in [2.45, 2.75) is 26.3 Å². The number of halogens is 1. The minimum absolute atomic E-state index is 0.302. The van der Waals surface area contributed by atoms with Crippen molar-refractivity contribution in [3.8, 4) is 0 Å². The number of pyridine rings is 1. The minimum atomic E-state index is -4.11. The molecular formula is C14H16ClNO3S. The lowest BCUT2D eigenvalue weighted by atomic mass is 10.1. The number of aryl methyl sites for hydroxylation is 2. The molecule has 1 aromatic heterocycles. The Balaban J connectivity index is 2.17. The van der Waals surface area contributed by atoms with Gasteiger partial charge in [0, 0.05) is 29.3 Å². The summed E-state index contributed by atoms with van der Waals surface area (Å²) in [6, 6.07) is 7.71. The quantitative estimate of drug-likeness (QED) is 0.484. The number of aromatic nitrogens is 1. The summed E-state index contributed by atoms with van der Waals surface area (Å²) < 4.78 is 33.7. The van der Waals surface area contributed by atoms with Crippen molar-refractivity contribution >= 4 is 32.6 Å². The van der Waals surface area contributed by atoms with Crippen LogP contribution in [0, 0.1) is 6.92 Å². The Labute approximate surface area is 123 Å². The number of rotatable bonds is 5. The summed E-state index contributed by atoms with van der Waals surface area (Å²) in [7, 11) is -4.11. The third-order valence-electron chi connectivity index (χ3n) is 3.24. The van der Waals surface area contributed by atoms with Gasteiger partial charge in [-0.25, -0.2) is 8.42 Å². The summed E-state index contributed by atoms with van der Waals surface area (Å²) in [6.45, 7) is 2.70. The molecule has 1 heterocycles. The number of benzene rings is 1. The van der Waals surface area contributed by atoms with Crippen molar-refractivity contribution in [1.29, 1.82) is 0 Å². The fourth-order valence-corrected chi connectivity index (χ4v) is 2.93. The van der Waals surface area contributed by atoms with Crippen LogP contribution in [0.4, 0.5) is 0 Å². The lowest BCUT2D eigenvalue weighted by molar-refractivity contribution is -0.671. The molecule has 2 aromatic rings. The number of hydrogen-bond donors (Lipinski definition) is 0. The first-order valence-electron chi connectivity index (χ1n) is 6.39. The maximum atomic E-state index is 10.6. The Bertz CT molecular complexity index is 729. The van der Waals surface area contributed by atoms with E-state index in [2.05, 4.69) is 4.57 Å². The van der Waals surface area contributed by atoms with Crippen LogP contribution in [0.15, 0.2) is 30.5 Å². The van der Waals surface area contributed by atoms with E-state index in [4.69, 9.17) is 11.6 Å². The van der Waals surface area contributed by atoms with Crippen LogP contribution in [0.3, 0.4) is 0 Å². The molecule has 0 saturated carbocycles. The highest BCUT2D eigenvalue weighted by Gasteiger charge is 2.11. The normalized spacial score (nSPS) is 11.9. The number of hydrogen-bond acceptors (Lipinski definition) is 3. The van der Waals surface area contributed by atoms with Gasteiger partial charge in [-0.15, -0.1) is 0 Å². The maximum Gasteiger partial charge on any atom is 0.212 e. The van der Waals surface area contributed by atoms with E-state index in [1.165, 1.54) is 0 Å². The molecule has 20 heavy (non-hydrogen) atoms. The third kappa shape index (κ3) is 3.91. The first-order valence-corrected chi connectivity index (χ1v) is 8.34. The zero-order valence-electron chi connectivity index (χ0n) is 11.2. The molecule has 0 N–H and O–H groups in total. The summed E-state index contributed by atoms with van der Waals surface area (Å²) in [6.07, 6.45) is 2.99. The van der Waals surface area contributed by atoms with E-state index < -0.39 is 10.1 Å². The second-order valence-corrected chi connectivity index (χ2v) is 6.78. The molecule has 0 amide bonds. The Hall–Kier alpha value is -1.17. The van der Waals surface area contributed by atoms with Crippen molar-refractivity contribution in [2.75, 3.05) is 5.75 Å². The van der Waals surface area contributed by atoms with Crippen LogP contribution in [0.2, 0.25) is 5.02 Å². The van der Waals surface area contributed by atoms with Gasteiger partial charge in [-0.05, 0) is 31.0 Å². The molecule has 108 valence electrons. The highest BCUT2D eigenvalue weighted by Crippen LogP contribution is 2.19. The van der Waals surface area contributed by atoms with Gasteiger partial charge in [0.1, 0.15) is 6.54 Å². The van der Waals surface area contributed by atoms with Gasteiger partial charge < -0.3 is 4.55 Å². The van der Waals surface area contributed by atoms with Gasteiger partial charge in [0.15, 0.2) is 6.20 Å². The van der Waals surface area contributed by atoms with Gasteiger partial charge in [-0.3, -0.25) is 0 Å². The molecule has 0 unspecified atom stereocenters. The lowest BCUT2D eigenvalue weighted by Crippen LogP contribution is -2.34. The molecule has 2 rings (SSSR count). The number of fused-ring (bicyclic) bond motifs is 1. The summed E-state index contributed by atoms with van der Waals surface area (Å²) in [5, 5.41) is 1.77. The van der Waals surface area contributed by atoms with Gasteiger partial charge in [-0.1, -0.05) is 11.6 Å². The molecule has 6 heteroatoms. The molecule has 0 aliphatic rings. The summed E-state index contributed by atoms with van der Waals surface area (Å²) in [5.74, 6) is -0.302. The van der Waals surface area contributed by atoms with Crippen LogP contribution >= 0.6 is 11.6 Å². The van der Waals surface area contributed by atoms with Crippen molar-refractivity contribution in [1.82, 2.24) is 0 Å². The molecule has 0 atom stereocenters. The predicted molar refractivity (Wildman–Crippen MR) is 77.7 cm³/mol. The highest BCUT2D eigenvalue weighted by molar-refractivity contribution is 7.85. The SMILES string of the molecule is Cc1cc[n+](CCCCS(=O)(=O)[O-])c2ccc(Cl)cc12. The van der Waals surface area contributed by atoms with E-state index in [1.807, 2.05) is 37.4 Å². The average Bonchev–Trinajstić information content (AvgIpc) is 2.36. The van der Waals surface area contributed by atoms with Crippen molar-refractivity contribution < 1.29 is 17.5 Å². The standard InChI is InChI=1S/C14H16ClNO3S/c1-11-6-8-16(7-2-3-9-20(17,18)19)14-5-4-12(15)10-13(11)14/h4-6,8,10H,2-3,7,9H2,1H3. The summed E-state index contributed by atoms with van der Waals surface area (Å²) in [5.41, 5.74) is 2.19. The topological polar surface area (TPSA) is 61.1 Å². The molecule has 0 aliphatic heterocycles. The molecule has 0 radical (unpaired) electrons. The highest BCUT2D eigenvalue weighted by atomic mass is 35.5. The predicted octanol–water partition coefficient (Wildman–Crippen LogP) is 2.41. The monoisotopic (exact) mass is 313 g/mol. The van der Waals surface area contributed by atoms with E-state index in [9.17, 15) is 13.0 Å². The first kappa shape index (κ1) is 15.2. The average molecular weight is 314 g/mol. The molecule has 0 aliphatic carbocycles.